The molecule has 2 saturated heterocycles. The van der Waals surface area contributed by atoms with E-state index < -0.39 is 83.8 Å². The van der Waals surface area contributed by atoms with E-state index in [1.54, 1.807) is 109 Å². The minimum Gasteiger partial charge on any atom is -0.446 e. The van der Waals surface area contributed by atoms with Gasteiger partial charge in [-0.25, -0.2) is 19.4 Å². The first-order chi connectivity index (χ1) is 29.4. The van der Waals surface area contributed by atoms with Crippen LogP contribution in [0.4, 0.5) is 47.3 Å². The van der Waals surface area contributed by atoms with Crippen molar-refractivity contribution in [3.8, 4) is 0 Å². The fourth-order valence-electron chi connectivity index (χ4n) is 7.61. The molecule has 20 heteroatoms. The number of nitrogens with zero attached hydrogens (tertiary/aromatic N) is 6. The van der Waals surface area contributed by atoms with Crippen molar-refractivity contribution in [2.75, 3.05) is 23.2 Å². The van der Waals surface area contributed by atoms with Gasteiger partial charge < -0.3 is 9.47 Å². The number of carbonyl (C=O) groups is 4. The zero-order valence-corrected chi connectivity index (χ0v) is 35.6. The van der Waals surface area contributed by atoms with Crippen molar-refractivity contribution in [1.29, 1.82) is 0 Å². The maximum Gasteiger partial charge on any atom is 0.431 e. The Kier molecular flexibility index (Phi) is 12.5. The zero-order valence-electron chi connectivity index (χ0n) is 32.4. The molecule has 8 rings (SSSR count). The highest BCUT2D eigenvalue weighted by Crippen LogP contribution is 2.40. The Bertz CT molecular complexity index is 2220. The third-order valence-corrected chi connectivity index (χ3v) is 11.7. The fourth-order valence-corrected chi connectivity index (χ4v) is 8.14. The monoisotopic (exact) mass is 990 g/mol. The smallest absolute Gasteiger partial charge is 0.431 e. The Hall–Kier alpha value is -5.76. The molecular formula is C42H34Br2F6N6O6. The number of hydrazone groups is 2. The van der Waals surface area contributed by atoms with Gasteiger partial charge in [0.05, 0.1) is 11.4 Å². The molecule has 4 aliphatic heterocycles. The summed E-state index contributed by atoms with van der Waals surface area (Å²) in [6.45, 7) is 2.43. The maximum atomic E-state index is 13.6. The third-order valence-electron chi connectivity index (χ3n) is 10.6. The van der Waals surface area contributed by atoms with Gasteiger partial charge in [0.15, 0.2) is 0 Å². The van der Waals surface area contributed by atoms with Crippen LogP contribution in [0.1, 0.15) is 37.1 Å². The van der Waals surface area contributed by atoms with Crippen molar-refractivity contribution in [3.63, 3.8) is 0 Å². The minimum atomic E-state index is -4.72. The van der Waals surface area contributed by atoms with E-state index in [1.165, 1.54) is 13.8 Å². The molecule has 4 aliphatic rings. The largest absolute Gasteiger partial charge is 0.446 e. The van der Waals surface area contributed by atoms with Gasteiger partial charge in [-0.3, -0.25) is 19.6 Å². The number of hydrogen-bond acceptors (Lipinski definition) is 10. The second-order valence-corrected chi connectivity index (χ2v) is 16.3. The first-order valence-corrected chi connectivity index (χ1v) is 20.5. The lowest BCUT2D eigenvalue weighted by Gasteiger charge is -2.30. The molecule has 62 heavy (non-hydrogen) atoms. The summed E-state index contributed by atoms with van der Waals surface area (Å²) in [6, 6.07) is 26.1. The molecular weight excluding hydrogens is 958 g/mol. The quantitative estimate of drug-likeness (QED) is 0.175. The van der Waals surface area contributed by atoms with Crippen LogP contribution in [0.3, 0.4) is 0 Å². The summed E-state index contributed by atoms with van der Waals surface area (Å²) in [5.41, 5.74) is -0.234. The first-order valence-electron chi connectivity index (χ1n) is 18.9. The van der Waals surface area contributed by atoms with Gasteiger partial charge in [-0.1, -0.05) is 106 Å². The molecule has 0 spiro atoms. The number of amides is 4. The van der Waals surface area contributed by atoms with Crippen LogP contribution < -0.4 is 10.0 Å². The van der Waals surface area contributed by atoms with Crippen molar-refractivity contribution in [2.45, 2.75) is 50.4 Å². The summed E-state index contributed by atoms with van der Waals surface area (Å²) in [7, 11) is 0. The molecule has 0 N–H and O–H groups in total. The molecule has 0 saturated carbocycles. The highest BCUT2D eigenvalue weighted by Gasteiger charge is 2.56. The van der Waals surface area contributed by atoms with Gasteiger partial charge in [-0.15, -0.1) is 0 Å². The van der Waals surface area contributed by atoms with Crippen LogP contribution in [0.5, 0.6) is 0 Å². The number of carbonyl (C=O) groups excluding carboxylic acids is 4. The van der Waals surface area contributed by atoms with E-state index in [-0.39, 0.29) is 13.2 Å². The van der Waals surface area contributed by atoms with Gasteiger partial charge in [0, 0.05) is 20.8 Å². The van der Waals surface area contributed by atoms with Gasteiger partial charge in [0.2, 0.25) is 0 Å². The lowest BCUT2D eigenvalue weighted by molar-refractivity contribution is -0.132. The van der Waals surface area contributed by atoms with Crippen LogP contribution in [0.25, 0.3) is 0 Å². The summed E-state index contributed by atoms with van der Waals surface area (Å²) < 4.78 is 93.3. The Balaban J connectivity index is 0.000000186. The van der Waals surface area contributed by atoms with Gasteiger partial charge >= 0.3 is 24.5 Å². The van der Waals surface area contributed by atoms with E-state index in [2.05, 4.69) is 42.1 Å². The number of cyclic esters (lactones) is 2. The summed E-state index contributed by atoms with van der Waals surface area (Å²) in [5.74, 6) is -4.17. The molecule has 4 aromatic carbocycles. The summed E-state index contributed by atoms with van der Waals surface area (Å²) in [5, 5.41) is 9.57. The Morgan fingerprint density at radius 2 is 0.887 bits per heavy atom. The Labute approximate surface area is 367 Å². The fraction of sp³-hybridized carbons (Fsp3) is 0.286. The molecule has 0 radical (unpaired) electrons. The molecule has 4 aromatic rings. The van der Waals surface area contributed by atoms with E-state index in [1.807, 2.05) is 0 Å². The summed E-state index contributed by atoms with van der Waals surface area (Å²) in [6.07, 6.45) is -11.2. The zero-order chi connectivity index (χ0) is 44.7. The molecule has 2 fully saturated rings. The second-order valence-electron chi connectivity index (χ2n) is 14.5. The normalized spacial score (nSPS) is 23.7. The number of hydrogen-bond donors (Lipinski definition) is 0. The number of rotatable bonds is 6. The molecule has 0 bridgehead atoms. The first kappa shape index (κ1) is 44.3. The molecule has 4 amide bonds. The number of imide groups is 2. The maximum absolute atomic E-state index is 13.6. The van der Waals surface area contributed by atoms with E-state index in [0.29, 0.717) is 22.5 Å². The third kappa shape index (κ3) is 8.79. The van der Waals surface area contributed by atoms with Gasteiger partial charge in [0.1, 0.15) is 48.8 Å². The van der Waals surface area contributed by atoms with Crippen molar-refractivity contribution in [3.05, 3.63) is 129 Å². The number of anilines is 2. The average Bonchev–Trinajstić information content (AvgIpc) is 4.01. The van der Waals surface area contributed by atoms with Crippen LogP contribution in [0, 0.1) is 11.8 Å². The van der Waals surface area contributed by atoms with Crippen LogP contribution >= 0.6 is 31.9 Å². The minimum absolute atomic E-state index is 0.0685. The van der Waals surface area contributed by atoms with Gasteiger partial charge in [-0.2, -0.15) is 36.5 Å². The predicted molar refractivity (Wildman–Crippen MR) is 221 cm³/mol. The molecule has 324 valence electrons. The van der Waals surface area contributed by atoms with E-state index >= 15 is 0 Å². The van der Waals surface area contributed by atoms with Crippen molar-refractivity contribution in [2.24, 2.45) is 22.0 Å². The second kappa shape index (κ2) is 17.5. The molecule has 6 atom stereocenters. The van der Waals surface area contributed by atoms with Crippen molar-refractivity contribution in [1.82, 2.24) is 9.80 Å². The van der Waals surface area contributed by atoms with Crippen molar-refractivity contribution < 1.29 is 55.0 Å². The van der Waals surface area contributed by atoms with Crippen LogP contribution in [0.2, 0.25) is 0 Å². The number of benzene rings is 4. The summed E-state index contributed by atoms with van der Waals surface area (Å²) in [4.78, 5) is 53.7. The Morgan fingerprint density at radius 3 is 1.19 bits per heavy atom. The number of ether oxygens (including phenoxy) is 2. The van der Waals surface area contributed by atoms with Crippen LogP contribution in [0.15, 0.2) is 128 Å². The lowest BCUT2D eigenvalue weighted by atomic mass is 9.95. The molecule has 4 heterocycles. The van der Waals surface area contributed by atoms with E-state index in [9.17, 15) is 45.5 Å². The van der Waals surface area contributed by atoms with Gasteiger partial charge in [0.25, 0.3) is 11.8 Å². The van der Waals surface area contributed by atoms with Crippen LogP contribution in [-0.2, 0) is 19.1 Å². The number of alkyl halides is 6. The SMILES string of the molecule is C[C@@H]1C(C(F)(F)F)=NN(c2ccc(Br)cc2)[C@H]1C(=O)N1C(=O)OC[C@@H]1c1ccccc1.C[C@@H]1C(C(F)(F)F)=NN(c2ccc(Br)cc2)[C@H]1C(=O)N1C(=O)OC[C@@H]1c1ccccc1. The molecule has 0 aliphatic carbocycles. The topological polar surface area (TPSA) is 124 Å². The van der Waals surface area contributed by atoms with Gasteiger partial charge in [-0.05, 0) is 59.7 Å². The molecule has 0 unspecified atom stereocenters. The molecule has 0 aromatic heterocycles. The van der Waals surface area contributed by atoms with Crippen LogP contribution in [-0.4, -0.2) is 82.9 Å². The Morgan fingerprint density at radius 1 is 0.565 bits per heavy atom. The standard InChI is InChI=1S/2C21H17BrF3N3O3/c2*1-12-17(19(29)27-16(11-31-20(27)30)13-5-3-2-4-6-13)28(26-18(12)21(23,24)25)15-9-7-14(22)8-10-15/h2*2-10,12,16-17H,11H2,1H3/t2*12-,16+,17+/m00/s1. The molecule has 12 nitrogen and oxygen atoms in total. The van der Waals surface area contributed by atoms with E-state index in [4.69, 9.17) is 9.47 Å². The number of halogens is 8. The summed E-state index contributed by atoms with van der Waals surface area (Å²) >= 11 is 6.56. The highest BCUT2D eigenvalue weighted by atomic mass is 79.9. The predicted octanol–water partition coefficient (Wildman–Crippen LogP) is 9.82. The average molecular weight is 993 g/mol. The van der Waals surface area contributed by atoms with E-state index in [0.717, 1.165) is 28.8 Å². The van der Waals surface area contributed by atoms with Crippen molar-refractivity contribution >= 4 is 78.7 Å². The highest BCUT2D eigenvalue weighted by molar-refractivity contribution is 9.10. The lowest BCUT2D eigenvalue weighted by Crippen LogP contribution is -2.50.